The van der Waals surface area contributed by atoms with Gasteiger partial charge in [-0.15, -0.1) is 11.3 Å². The summed E-state index contributed by atoms with van der Waals surface area (Å²) in [6.07, 6.45) is -0.517. The number of aliphatic imine (C=N–C) groups is 2. The second kappa shape index (κ2) is 17.6. The van der Waals surface area contributed by atoms with Gasteiger partial charge in [0.05, 0.1) is 38.8 Å². The zero-order valence-electron chi connectivity index (χ0n) is 43.1. The van der Waals surface area contributed by atoms with E-state index in [2.05, 4.69) is 286 Å². The molecular formula is C73H46N6S. The summed E-state index contributed by atoms with van der Waals surface area (Å²) < 4.78 is 9.77. The van der Waals surface area contributed by atoms with Gasteiger partial charge in [-0.3, -0.25) is 0 Å². The van der Waals surface area contributed by atoms with Crippen molar-refractivity contribution in [3.63, 3.8) is 0 Å². The van der Waals surface area contributed by atoms with Crippen molar-refractivity contribution in [1.29, 1.82) is 0 Å². The van der Waals surface area contributed by atoms with Gasteiger partial charge in [-0.2, -0.15) is 0 Å². The molecule has 0 saturated heterocycles. The highest BCUT2D eigenvalue weighted by Gasteiger charge is 2.28. The number of thiophene rings is 1. The van der Waals surface area contributed by atoms with E-state index in [0.717, 1.165) is 100.0 Å². The number of nitrogens with zero attached hydrogens (tertiary/aromatic N) is 5. The fourth-order valence-electron chi connectivity index (χ4n) is 13.0. The fraction of sp³-hybridized carbons (Fsp3) is 0.0137. The molecule has 6 nitrogen and oxygen atoms in total. The quantitative estimate of drug-likeness (QED) is 0.170. The third-order valence-electron chi connectivity index (χ3n) is 16.5. The van der Waals surface area contributed by atoms with Gasteiger partial charge in [-0.1, -0.05) is 164 Å². The molecule has 1 N–H and O–H groups in total. The standard InChI is InChI=1S/C73H46N6S/c1-3-21-49(22-4-1)77-61-32-14-10-27-53(61)69-55(29-17-34-64(69)77)72-74-71(75-73(76-72)56-30-18-35-65-70(56)54-28-11-15-33-62(54)78(65)50-23-5-2-6-24-50)48-37-39-63(57(43-48)47-38-40-68-59(42-47)52-26-12-16-36-67(52)80-68)79-60-31-13-9-25-51(60)58-41-45-19-7-8-20-46(45)44-66(58)79/h1-44,72H,(H,74,75,76). The van der Waals surface area contributed by atoms with Crippen LogP contribution in [0, 0.1) is 0 Å². The van der Waals surface area contributed by atoms with Gasteiger partial charge in [0, 0.05) is 86.1 Å². The number of fused-ring (bicyclic) bond motifs is 13. The van der Waals surface area contributed by atoms with E-state index in [9.17, 15) is 0 Å². The van der Waals surface area contributed by atoms with Crippen LogP contribution in [-0.4, -0.2) is 25.4 Å². The number of benzene rings is 12. The average Bonchev–Trinajstić information content (AvgIpc) is 4.47. The lowest BCUT2D eigenvalue weighted by Crippen LogP contribution is -2.33. The molecule has 0 saturated carbocycles. The number of nitrogens with one attached hydrogen (secondary N) is 1. The van der Waals surface area contributed by atoms with E-state index in [1.54, 1.807) is 0 Å². The molecule has 374 valence electrons. The van der Waals surface area contributed by atoms with Gasteiger partial charge in [-0.05, 0) is 119 Å². The Kier molecular flexibility index (Phi) is 9.84. The normalized spacial score (nSPS) is 13.9. The molecular weight excluding hydrogens is 993 g/mol. The van der Waals surface area contributed by atoms with E-state index in [4.69, 9.17) is 9.98 Å². The van der Waals surface area contributed by atoms with E-state index in [1.165, 1.54) is 47.1 Å². The van der Waals surface area contributed by atoms with Crippen LogP contribution in [0.2, 0.25) is 0 Å². The highest BCUT2D eigenvalue weighted by atomic mass is 32.1. The molecule has 16 aromatic rings. The topological polar surface area (TPSA) is 51.5 Å². The number of amidine groups is 2. The second-order valence-corrected chi connectivity index (χ2v) is 22.0. The summed E-state index contributed by atoms with van der Waals surface area (Å²) in [6.45, 7) is 0. The zero-order chi connectivity index (χ0) is 52.4. The van der Waals surface area contributed by atoms with Crippen molar-refractivity contribution >= 4 is 119 Å². The first-order valence-corrected chi connectivity index (χ1v) is 28.1. The number of rotatable bonds is 7. The minimum absolute atomic E-state index is 0.517. The van der Waals surface area contributed by atoms with Gasteiger partial charge in [0.2, 0.25) is 0 Å². The number of para-hydroxylation sites is 5. The van der Waals surface area contributed by atoms with E-state index in [-0.39, 0.29) is 0 Å². The van der Waals surface area contributed by atoms with Gasteiger partial charge < -0.3 is 19.0 Å². The van der Waals surface area contributed by atoms with Crippen LogP contribution in [0.5, 0.6) is 0 Å². The first-order valence-electron chi connectivity index (χ1n) is 27.3. The minimum Gasteiger partial charge on any atom is -0.344 e. The molecule has 0 spiro atoms. The molecule has 1 aliphatic rings. The average molecular weight is 1040 g/mol. The summed E-state index contributed by atoms with van der Waals surface area (Å²) >= 11 is 1.85. The summed E-state index contributed by atoms with van der Waals surface area (Å²) in [5.74, 6) is 1.41. The van der Waals surface area contributed by atoms with Gasteiger partial charge in [0.25, 0.3) is 0 Å². The van der Waals surface area contributed by atoms with Gasteiger partial charge >= 0.3 is 0 Å². The summed E-state index contributed by atoms with van der Waals surface area (Å²) in [7, 11) is 0. The smallest absolute Gasteiger partial charge is 0.159 e. The first kappa shape index (κ1) is 44.8. The zero-order valence-corrected chi connectivity index (χ0v) is 43.9. The summed E-state index contributed by atoms with van der Waals surface area (Å²) in [4.78, 5) is 11.5. The van der Waals surface area contributed by atoms with Crippen LogP contribution in [0.3, 0.4) is 0 Å². The number of hydrogen-bond donors (Lipinski definition) is 1. The summed E-state index contributed by atoms with van der Waals surface area (Å²) in [6, 6.07) is 97.0. The molecule has 0 aliphatic carbocycles. The molecule has 0 amide bonds. The Bertz CT molecular complexity index is 5290. The molecule has 17 rings (SSSR count). The molecule has 1 aliphatic heterocycles. The Morgan fingerprint density at radius 1 is 0.350 bits per heavy atom. The van der Waals surface area contributed by atoms with Gasteiger partial charge in [0.1, 0.15) is 12.0 Å². The Hall–Kier alpha value is -10.3. The minimum atomic E-state index is -0.517. The third kappa shape index (κ3) is 6.77. The predicted molar refractivity (Wildman–Crippen MR) is 337 cm³/mol. The molecule has 4 aromatic heterocycles. The maximum absolute atomic E-state index is 5.77. The van der Waals surface area contributed by atoms with Crippen LogP contribution in [0.25, 0.3) is 125 Å². The Labute approximate surface area is 463 Å². The molecule has 1 atom stereocenters. The molecule has 0 fully saturated rings. The van der Waals surface area contributed by atoms with Crippen LogP contribution >= 0.6 is 11.3 Å². The Morgan fingerprint density at radius 3 is 1.65 bits per heavy atom. The molecule has 5 heterocycles. The van der Waals surface area contributed by atoms with Crippen molar-refractivity contribution in [3.8, 4) is 28.2 Å². The summed E-state index contributed by atoms with van der Waals surface area (Å²) in [5, 5.41) is 16.0. The Balaban J connectivity index is 0.939. The van der Waals surface area contributed by atoms with E-state index in [1.807, 2.05) is 11.3 Å². The third-order valence-corrected chi connectivity index (χ3v) is 17.6. The molecule has 1 unspecified atom stereocenters. The molecule has 0 radical (unpaired) electrons. The molecule has 80 heavy (non-hydrogen) atoms. The lowest BCUT2D eigenvalue weighted by atomic mass is 9.97. The van der Waals surface area contributed by atoms with Crippen molar-refractivity contribution in [2.75, 3.05) is 0 Å². The van der Waals surface area contributed by atoms with Crippen LogP contribution in [0.15, 0.2) is 277 Å². The van der Waals surface area contributed by atoms with Crippen molar-refractivity contribution < 1.29 is 0 Å². The van der Waals surface area contributed by atoms with E-state index < -0.39 is 6.17 Å². The van der Waals surface area contributed by atoms with E-state index in [0.29, 0.717) is 5.84 Å². The lowest BCUT2D eigenvalue weighted by Gasteiger charge is -2.25. The number of hydrogen-bond acceptors (Lipinski definition) is 4. The maximum Gasteiger partial charge on any atom is 0.159 e. The fourth-order valence-corrected chi connectivity index (χ4v) is 14.1. The first-order chi connectivity index (χ1) is 39.7. The molecule has 12 aromatic carbocycles. The number of aromatic nitrogens is 3. The summed E-state index contributed by atoms with van der Waals surface area (Å²) in [5.41, 5.74) is 15.3. The largest absolute Gasteiger partial charge is 0.344 e. The highest BCUT2D eigenvalue weighted by molar-refractivity contribution is 7.25. The second-order valence-electron chi connectivity index (χ2n) is 20.9. The highest BCUT2D eigenvalue weighted by Crippen LogP contribution is 2.44. The van der Waals surface area contributed by atoms with Crippen molar-refractivity contribution in [1.82, 2.24) is 19.0 Å². The van der Waals surface area contributed by atoms with Crippen LogP contribution in [0.4, 0.5) is 0 Å². The van der Waals surface area contributed by atoms with Crippen LogP contribution in [-0.2, 0) is 0 Å². The maximum atomic E-state index is 5.77. The predicted octanol–water partition coefficient (Wildman–Crippen LogP) is 18.7. The molecule has 7 heteroatoms. The van der Waals surface area contributed by atoms with Gasteiger partial charge in [-0.25, -0.2) is 9.98 Å². The van der Waals surface area contributed by atoms with Crippen molar-refractivity contribution in [2.24, 2.45) is 9.98 Å². The van der Waals surface area contributed by atoms with Crippen LogP contribution in [0.1, 0.15) is 22.9 Å². The molecule has 0 bridgehead atoms. The Morgan fingerprint density at radius 2 is 0.912 bits per heavy atom. The van der Waals surface area contributed by atoms with Crippen molar-refractivity contribution in [3.05, 3.63) is 284 Å². The van der Waals surface area contributed by atoms with E-state index >= 15 is 0 Å². The lowest BCUT2D eigenvalue weighted by molar-refractivity contribution is 0.680. The SMILES string of the molecule is c1ccc(-n2c3ccccc3c3c(C4=NC(c5ccc(-n6c7ccccc7c7cc8ccccc8cc76)c(-c6ccc7sc8ccccc8c7c6)c5)=NC(c5cccc6c5c5ccccc5n6-c5ccccc5)N4)cccc32)cc1. The monoisotopic (exact) mass is 1040 g/mol. The van der Waals surface area contributed by atoms with Crippen LogP contribution < -0.4 is 5.32 Å². The van der Waals surface area contributed by atoms with Crippen molar-refractivity contribution in [2.45, 2.75) is 6.17 Å². The van der Waals surface area contributed by atoms with Gasteiger partial charge in [0.15, 0.2) is 5.84 Å².